The summed E-state index contributed by atoms with van der Waals surface area (Å²) in [4.78, 5) is 4.20. The number of hydrogen-bond donors (Lipinski definition) is 0. The number of para-hydroxylation sites is 1. The molecule has 5 heteroatoms. The molecule has 0 spiro atoms. The van der Waals surface area contributed by atoms with E-state index in [2.05, 4.69) is 9.72 Å². The van der Waals surface area contributed by atoms with E-state index < -0.39 is 6.36 Å². The molecule has 2 nitrogen and oxygen atoms in total. The molecule has 0 saturated heterocycles. The molecule has 2 rings (SSSR count). The molecular weight excluding hydrogens is 255 g/mol. The fourth-order valence-electron chi connectivity index (χ4n) is 1.91. The van der Waals surface area contributed by atoms with E-state index in [9.17, 15) is 13.2 Å². The Labute approximate surface area is 108 Å². The molecular formula is C14H12F3NO. The maximum absolute atomic E-state index is 12.4. The van der Waals surface area contributed by atoms with Gasteiger partial charge in [0.1, 0.15) is 5.75 Å². The summed E-state index contributed by atoms with van der Waals surface area (Å²) in [6.07, 6.45) is -4.70. The minimum absolute atomic E-state index is 0.208. The van der Waals surface area contributed by atoms with Gasteiger partial charge in [-0.15, -0.1) is 13.2 Å². The molecule has 0 fully saturated rings. The van der Waals surface area contributed by atoms with Gasteiger partial charge in [0.2, 0.25) is 0 Å². The molecule has 0 atom stereocenters. The van der Waals surface area contributed by atoms with E-state index in [0.29, 0.717) is 11.1 Å². The molecule has 0 bridgehead atoms. The average Bonchev–Trinajstić information content (AvgIpc) is 2.26. The highest BCUT2D eigenvalue weighted by Gasteiger charge is 2.32. The summed E-state index contributed by atoms with van der Waals surface area (Å²) in [5.41, 5.74) is 2.55. The highest BCUT2D eigenvalue weighted by atomic mass is 19.4. The molecule has 0 N–H and O–H groups in total. The van der Waals surface area contributed by atoms with Gasteiger partial charge in [0.25, 0.3) is 0 Å². The van der Waals surface area contributed by atoms with Gasteiger partial charge < -0.3 is 4.74 Å². The Hall–Kier alpha value is -2.04. The number of hydrogen-bond acceptors (Lipinski definition) is 2. The van der Waals surface area contributed by atoms with Crippen LogP contribution in [0.5, 0.6) is 5.75 Å². The van der Waals surface area contributed by atoms with Crippen molar-refractivity contribution in [1.29, 1.82) is 0 Å². The van der Waals surface area contributed by atoms with Gasteiger partial charge in [0, 0.05) is 17.0 Å². The summed E-state index contributed by atoms with van der Waals surface area (Å²) < 4.78 is 41.1. The number of nitrogens with zero attached hydrogens (tertiary/aromatic N) is 1. The lowest BCUT2D eigenvalue weighted by Gasteiger charge is -2.13. The zero-order valence-corrected chi connectivity index (χ0v) is 10.5. The molecule has 1 heterocycles. The van der Waals surface area contributed by atoms with Crippen LogP contribution in [-0.4, -0.2) is 11.3 Å². The Kier molecular flexibility index (Phi) is 3.46. The van der Waals surface area contributed by atoms with Gasteiger partial charge in [0.15, 0.2) is 0 Å². The van der Waals surface area contributed by atoms with Gasteiger partial charge in [-0.3, -0.25) is 4.98 Å². The summed E-state index contributed by atoms with van der Waals surface area (Å²) in [5.74, 6) is -0.208. The molecule has 1 aromatic heterocycles. The van der Waals surface area contributed by atoms with Crippen molar-refractivity contribution in [2.24, 2.45) is 0 Å². The molecule has 0 aliphatic heterocycles. The molecule has 0 aliphatic carbocycles. The van der Waals surface area contributed by atoms with E-state index in [-0.39, 0.29) is 5.75 Å². The van der Waals surface area contributed by atoms with Crippen LogP contribution in [0.15, 0.2) is 36.4 Å². The van der Waals surface area contributed by atoms with Gasteiger partial charge in [0.05, 0.1) is 0 Å². The molecule has 0 unspecified atom stereocenters. The number of alkyl halides is 3. The highest BCUT2D eigenvalue weighted by Crippen LogP contribution is 2.33. The zero-order chi connectivity index (χ0) is 14.0. The third kappa shape index (κ3) is 3.47. The number of ether oxygens (including phenoxy) is 1. The Morgan fingerprint density at radius 2 is 1.58 bits per heavy atom. The molecule has 0 aliphatic rings. The van der Waals surface area contributed by atoms with Crippen molar-refractivity contribution in [3.63, 3.8) is 0 Å². The van der Waals surface area contributed by atoms with Crippen LogP contribution in [0.2, 0.25) is 0 Å². The van der Waals surface area contributed by atoms with Crippen molar-refractivity contribution in [3.05, 3.63) is 47.8 Å². The fraction of sp³-hybridized carbons (Fsp3) is 0.214. The lowest BCUT2D eigenvalue weighted by Crippen LogP contribution is -2.17. The van der Waals surface area contributed by atoms with Crippen LogP contribution in [0, 0.1) is 13.8 Å². The van der Waals surface area contributed by atoms with E-state index >= 15 is 0 Å². The summed E-state index contributed by atoms with van der Waals surface area (Å²) in [5, 5.41) is 0. The summed E-state index contributed by atoms with van der Waals surface area (Å²) >= 11 is 0. The molecule has 2 aromatic rings. The van der Waals surface area contributed by atoms with E-state index in [1.807, 2.05) is 0 Å². The standard InChI is InChI=1S/C14H12F3NO/c1-9-7-11(8-10(2)18-9)12-5-3-4-6-13(12)19-14(15,16)17/h3-8H,1-2H3. The van der Waals surface area contributed by atoms with Crippen molar-refractivity contribution in [2.45, 2.75) is 20.2 Å². The van der Waals surface area contributed by atoms with Crippen molar-refractivity contribution in [2.75, 3.05) is 0 Å². The van der Waals surface area contributed by atoms with Crippen molar-refractivity contribution in [1.82, 2.24) is 4.98 Å². The van der Waals surface area contributed by atoms with Crippen LogP contribution in [-0.2, 0) is 0 Å². The minimum Gasteiger partial charge on any atom is -0.405 e. The van der Waals surface area contributed by atoms with Crippen LogP contribution in [0.25, 0.3) is 11.1 Å². The lowest BCUT2D eigenvalue weighted by molar-refractivity contribution is -0.274. The third-order valence-electron chi connectivity index (χ3n) is 2.51. The van der Waals surface area contributed by atoms with E-state index in [1.165, 1.54) is 12.1 Å². The maximum atomic E-state index is 12.4. The molecule has 0 saturated carbocycles. The average molecular weight is 267 g/mol. The Morgan fingerprint density at radius 3 is 2.16 bits per heavy atom. The smallest absolute Gasteiger partial charge is 0.405 e. The molecule has 19 heavy (non-hydrogen) atoms. The second kappa shape index (κ2) is 4.91. The van der Waals surface area contributed by atoms with E-state index in [0.717, 1.165) is 11.4 Å². The topological polar surface area (TPSA) is 22.1 Å². The third-order valence-corrected chi connectivity index (χ3v) is 2.51. The Bertz CT molecular complexity index is 573. The maximum Gasteiger partial charge on any atom is 0.573 e. The van der Waals surface area contributed by atoms with E-state index in [4.69, 9.17) is 0 Å². The van der Waals surface area contributed by atoms with Gasteiger partial charge in [-0.2, -0.15) is 0 Å². The Morgan fingerprint density at radius 1 is 1.00 bits per heavy atom. The van der Waals surface area contributed by atoms with Gasteiger partial charge in [-0.05, 0) is 37.6 Å². The molecule has 0 radical (unpaired) electrons. The van der Waals surface area contributed by atoms with Gasteiger partial charge in [-0.1, -0.05) is 18.2 Å². The molecule has 1 aromatic carbocycles. The van der Waals surface area contributed by atoms with Gasteiger partial charge in [-0.25, -0.2) is 0 Å². The second-order valence-corrected chi connectivity index (χ2v) is 4.18. The van der Waals surface area contributed by atoms with Crippen LogP contribution < -0.4 is 4.74 Å². The number of rotatable bonds is 2. The van der Waals surface area contributed by atoms with Crippen LogP contribution >= 0.6 is 0 Å². The number of pyridine rings is 1. The monoisotopic (exact) mass is 267 g/mol. The summed E-state index contributed by atoms with van der Waals surface area (Å²) in [6, 6.07) is 9.52. The second-order valence-electron chi connectivity index (χ2n) is 4.18. The Balaban J connectivity index is 2.50. The predicted molar refractivity (Wildman–Crippen MR) is 65.8 cm³/mol. The van der Waals surface area contributed by atoms with Crippen molar-refractivity contribution in [3.8, 4) is 16.9 Å². The highest BCUT2D eigenvalue weighted by molar-refractivity contribution is 5.70. The predicted octanol–water partition coefficient (Wildman–Crippen LogP) is 4.26. The number of benzene rings is 1. The SMILES string of the molecule is Cc1cc(-c2ccccc2OC(F)(F)F)cc(C)n1. The molecule has 100 valence electrons. The quantitative estimate of drug-likeness (QED) is 0.810. The lowest BCUT2D eigenvalue weighted by atomic mass is 10.0. The van der Waals surface area contributed by atoms with Gasteiger partial charge >= 0.3 is 6.36 Å². The first-order valence-corrected chi connectivity index (χ1v) is 5.65. The first-order valence-electron chi connectivity index (χ1n) is 5.65. The largest absolute Gasteiger partial charge is 0.573 e. The van der Waals surface area contributed by atoms with Crippen LogP contribution in [0.4, 0.5) is 13.2 Å². The normalized spacial score (nSPS) is 11.4. The fourth-order valence-corrected chi connectivity index (χ4v) is 1.91. The molecule has 0 amide bonds. The van der Waals surface area contributed by atoms with Crippen molar-refractivity contribution >= 4 is 0 Å². The first kappa shape index (κ1) is 13.4. The first-order chi connectivity index (χ1) is 8.85. The number of aryl methyl sites for hydroxylation is 2. The van der Waals surface area contributed by atoms with Crippen LogP contribution in [0.3, 0.4) is 0 Å². The summed E-state index contributed by atoms with van der Waals surface area (Å²) in [7, 11) is 0. The minimum atomic E-state index is -4.70. The van der Waals surface area contributed by atoms with Crippen molar-refractivity contribution < 1.29 is 17.9 Å². The summed E-state index contributed by atoms with van der Waals surface area (Å²) in [6.45, 7) is 3.59. The number of halogens is 3. The zero-order valence-electron chi connectivity index (χ0n) is 10.5. The number of aromatic nitrogens is 1. The van der Waals surface area contributed by atoms with E-state index in [1.54, 1.807) is 38.1 Å². The van der Waals surface area contributed by atoms with Crippen LogP contribution in [0.1, 0.15) is 11.4 Å².